The summed E-state index contributed by atoms with van der Waals surface area (Å²) in [6, 6.07) is 10.5. The monoisotopic (exact) mass is 557 g/mol. The summed E-state index contributed by atoms with van der Waals surface area (Å²) in [4.78, 5) is 47.5. The van der Waals surface area contributed by atoms with E-state index in [0.29, 0.717) is 43.4 Å². The number of fused-ring (bicyclic) bond motifs is 1. The van der Waals surface area contributed by atoms with Crippen LogP contribution in [0, 0.1) is 0 Å². The second-order valence-electron chi connectivity index (χ2n) is 9.90. The van der Waals surface area contributed by atoms with Gasteiger partial charge < -0.3 is 19.9 Å². The average molecular weight is 558 g/mol. The zero-order valence-corrected chi connectivity index (χ0v) is 22.7. The second kappa shape index (κ2) is 11.9. The van der Waals surface area contributed by atoms with Gasteiger partial charge in [0, 0.05) is 49.8 Å². The van der Waals surface area contributed by atoms with Crippen molar-refractivity contribution >= 4 is 34.5 Å². The maximum absolute atomic E-state index is 12.9. The van der Waals surface area contributed by atoms with Crippen molar-refractivity contribution in [2.24, 2.45) is 0 Å². The number of aromatic nitrogens is 5. The number of hydrogen-bond acceptors (Lipinski definition) is 9. The fraction of sp³-hybridized carbons (Fsp3) is 0.357. The molecule has 0 radical (unpaired) electrons. The van der Waals surface area contributed by atoms with Gasteiger partial charge >= 0.3 is 6.03 Å². The van der Waals surface area contributed by atoms with Gasteiger partial charge in [-0.3, -0.25) is 14.6 Å². The van der Waals surface area contributed by atoms with E-state index >= 15 is 0 Å². The Bertz CT molecular complexity index is 1510. The van der Waals surface area contributed by atoms with Gasteiger partial charge in [0.1, 0.15) is 5.82 Å². The topological polar surface area (TPSA) is 140 Å². The van der Waals surface area contributed by atoms with E-state index in [4.69, 9.17) is 19.8 Å². The molecule has 13 heteroatoms. The van der Waals surface area contributed by atoms with Crippen LogP contribution in [0.4, 0.5) is 16.3 Å². The van der Waals surface area contributed by atoms with Crippen molar-refractivity contribution in [1.29, 1.82) is 0 Å². The number of pyridine rings is 1. The number of carbonyl (C=O) groups excluding carboxylic acids is 2. The van der Waals surface area contributed by atoms with Gasteiger partial charge in [0.15, 0.2) is 11.5 Å². The molecule has 0 bridgehead atoms. The van der Waals surface area contributed by atoms with Crippen LogP contribution in [0.25, 0.3) is 22.4 Å². The number of morpholine rings is 1. The molecule has 41 heavy (non-hydrogen) atoms. The number of urea groups is 1. The molecule has 4 aromatic rings. The minimum Gasteiger partial charge on any atom is -0.378 e. The summed E-state index contributed by atoms with van der Waals surface area (Å²) in [5.74, 6) is 1.39. The quantitative estimate of drug-likeness (QED) is 0.343. The number of benzene rings is 1. The summed E-state index contributed by atoms with van der Waals surface area (Å²) in [6.45, 7) is 3.95. The molecule has 2 N–H and O–H groups in total. The lowest BCUT2D eigenvalue weighted by Gasteiger charge is -2.32. The Labute approximate surface area is 236 Å². The number of ether oxygens (including phenoxy) is 1. The average Bonchev–Trinajstić information content (AvgIpc) is 3.46. The van der Waals surface area contributed by atoms with Crippen LogP contribution in [0.15, 0.2) is 55.0 Å². The predicted molar refractivity (Wildman–Crippen MR) is 151 cm³/mol. The third-order valence-corrected chi connectivity index (χ3v) is 7.35. The lowest BCUT2D eigenvalue weighted by atomic mass is 10.0. The summed E-state index contributed by atoms with van der Waals surface area (Å²) in [5, 5.41) is 8.37. The molecular weight excluding hydrogens is 526 g/mol. The molecule has 0 aliphatic carbocycles. The lowest BCUT2D eigenvalue weighted by molar-refractivity contribution is 0.0691. The summed E-state index contributed by atoms with van der Waals surface area (Å²) in [7, 11) is 1.37. The van der Waals surface area contributed by atoms with Gasteiger partial charge in [-0.25, -0.2) is 24.9 Å². The minimum absolute atomic E-state index is 0.00118. The van der Waals surface area contributed by atoms with Crippen LogP contribution in [0.2, 0.25) is 0 Å². The first kappa shape index (κ1) is 26.6. The van der Waals surface area contributed by atoms with Crippen LogP contribution in [0.5, 0.6) is 0 Å². The molecule has 6 rings (SSSR count). The van der Waals surface area contributed by atoms with E-state index in [1.54, 1.807) is 36.7 Å². The SMILES string of the molecule is CONC(=O)Nc1ccc(-c2nc(N3CCOCC3)c3cnn(C4CCN(C(=O)c5cccnc5)CC4)c3n2)cc1. The van der Waals surface area contributed by atoms with Gasteiger partial charge in [0.2, 0.25) is 0 Å². The third kappa shape index (κ3) is 5.67. The number of hydrogen-bond donors (Lipinski definition) is 2. The lowest BCUT2D eigenvalue weighted by Crippen LogP contribution is -2.39. The Hall–Kier alpha value is -4.62. The highest BCUT2D eigenvalue weighted by Crippen LogP contribution is 2.32. The number of rotatable bonds is 6. The smallest absolute Gasteiger partial charge is 0.343 e. The van der Waals surface area contributed by atoms with Crippen molar-refractivity contribution in [2.75, 3.05) is 56.7 Å². The molecule has 0 atom stereocenters. The fourth-order valence-corrected chi connectivity index (χ4v) is 5.26. The number of anilines is 2. The molecular formula is C28H31N9O4. The van der Waals surface area contributed by atoms with Crippen molar-refractivity contribution in [2.45, 2.75) is 18.9 Å². The highest BCUT2D eigenvalue weighted by molar-refractivity contribution is 5.94. The second-order valence-corrected chi connectivity index (χ2v) is 9.90. The molecule has 3 amide bonds. The number of amides is 3. The summed E-state index contributed by atoms with van der Waals surface area (Å²) in [6.07, 6.45) is 6.65. The molecule has 2 aliphatic rings. The maximum Gasteiger partial charge on any atom is 0.343 e. The van der Waals surface area contributed by atoms with Gasteiger partial charge in [-0.1, -0.05) is 0 Å². The molecule has 2 saturated heterocycles. The van der Waals surface area contributed by atoms with E-state index in [1.165, 1.54) is 7.11 Å². The van der Waals surface area contributed by atoms with Gasteiger partial charge in [0.25, 0.3) is 5.91 Å². The normalized spacial score (nSPS) is 16.1. The van der Waals surface area contributed by atoms with E-state index in [0.717, 1.165) is 48.3 Å². The largest absolute Gasteiger partial charge is 0.378 e. The molecule has 2 aliphatic heterocycles. The van der Waals surface area contributed by atoms with Crippen molar-refractivity contribution < 1.29 is 19.2 Å². The molecule has 3 aromatic heterocycles. The number of piperidine rings is 1. The van der Waals surface area contributed by atoms with E-state index in [9.17, 15) is 9.59 Å². The highest BCUT2D eigenvalue weighted by Gasteiger charge is 2.28. The van der Waals surface area contributed by atoms with E-state index in [1.807, 2.05) is 27.9 Å². The van der Waals surface area contributed by atoms with Crippen LogP contribution < -0.4 is 15.7 Å². The first-order valence-electron chi connectivity index (χ1n) is 13.6. The van der Waals surface area contributed by atoms with Crippen molar-refractivity contribution in [3.8, 4) is 11.4 Å². The van der Waals surface area contributed by atoms with E-state index < -0.39 is 6.03 Å². The zero-order chi connectivity index (χ0) is 28.2. The molecule has 5 heterocycles. The predicted octanol–water partition coefficient (Wildman–Crippen LogP) is 2.89. The molecule has 1 aromatic carbocycles. The Balaban J connectivity index is 1.28. The summed E-state index contributed by atoms with van der Waals surface area (Å²) < 4.78 is 7.57. The van der Waals surface area contributed by atoms with Gasteiger partial charge in [0.05, 0.1) is 43.5 Å². The van der Waals surface area contributed by atoms with E-state index in [-0.39, 0.29) is 11.9 Å². The Morgan fingerprint density at radius 2 is 1.78 bits per heavy atom. The first-order chi connectivity index (χ1) is 20.1. The number of nitrogens with zero attached hydrogens (tertiary/aromatic N) is 7. The molecule has 0 unspecified atom stereocenters. The molecule has 13 nitrogen and oxygen atoms in total. The van der Waals surface area contributed by atoms with Crippen LogP contribution in [-0.2, 0) is 9.57 Å². The Kier molecular flexibility index (Phi) is 7.69. The van der Waals surface area contributed by atoms with Gasteiger partial charge in [-0.2, -0.15) is 5.10 Å². The van der Waals surface area contributed by atoms with Crippen LogP contribution in [0.3, 0.4) is 0 Å². The molecule has 2 fully saturated rings. The third-order valence-electron chi connectivity index (χ3n) is 7.35. The van der Waals surface area contributed by atoms with Crippen molar-refractivity contribution in [3.63, 3.8) is 0 Å². The number of carbonyl (C=O) groups is 2. The highest BCUT2D eigenvalue weighted by atomic mass is 16.6. The minimum atomic E-state index is -0.468. The molecule has 0 saturated carbocycles. The molecule has 0 spiro atoms. The van der Waals surface area contributed by atoms with Crippen molar-refractivity contribution in [1.82, 2.24) is 35.1 Å². The number of hydroxylamine groups is 1. The molecule has 212 valence electrons. The van der Waals surface area contributed by atoms with Crippen molar-refractivity contribution in [3.05, 3.63) is 60.6 Å². The summed E-state index contributed by atoms with van der Waals surface area (Å²) in [5.41, 5.74) is 5.01. The fourth-order valence-electron chi connectivity index (χ4n) is 5.26. The van der Waals surface area contributed by atoms with Gasteiger partial charge in [-0.05, 0) is 49.2 Å². The first-order valence-corrected chi connectivity index (χ1v) is 13.6. The van der Waals surface area contributed by atoms with Gasteiger partial charge in [-0.15, -0.1) is 0 Å². The number of nitrogens with one attached hydrogen (secondary N) is 2. The number of likely N-dealkylation sites (tertiary alicyclic amines) is 1. The standard InChI is InChI=1S/C28H31N9O4/c1-40-34-28(39)31-21-6-4-19(5-7-21)24-32-25(35-13-15-41-16-14-35)23-18-30-37(26(23)33-24)22-8-11-36(12-9-22)27(38)20-3-2-10-29-17-20/h2-7,10,17-18,22H,8-9,11-16H2,1H3,(H2,31,34,39). The van der Waals surface area contributed by atoms with Crippen LogP contribution in [0.1, 0.15) is 29.2 Å². The summed E-state index contributed by atoms with van der Waals surface area (Å²) >= 11 is 0. The maximum atomic E-state index is 12.9. The Morgan fingerprint density at radius 3 is 2.49 bits per heavy atom. The Morgan fingerprint density at radius 1 is 1.00 bits per heavy atom. The van der Waals surface area contributed by atoms with Crippen LogP contribution in [-0.4, -0.2) is 88.1 Å². The van der Waals surface area contributed by atoms with E-state index in [2.05, 4.69) is 25.5 Å². The van der Waals surface area contributed by atoms with Crippen LogP contribution >= 0.6 is 0 Å². The zero-order valence-electron chi connectivity index (χ0n) is 22.7.